The van der Waals surface area contributed by atoms with Crippen LogP contribution in [0.15, 0.2) is 47.3 Å². The Hall–Kier alpha value is -7.73. The van der Waals surface area contributed by atoms with Gasteiger partial charge in [0.1, 0.15) is 24.0 Å². The maximum Gasteiger partial charge on any atom is 0.343 e. The van der Waals surface area contributed by atoms with E-state index < -0.39 is 52.5 Å². The predicted octanol–water partition coefficient (Wildman–Crippen LogP) is 4.73. The number of halogens is 1. The second-order valence-electron chi connectivity index (χ2n) is 22.7. The fourth-order valence-electron chi connectivity index (χ4n) is 11.8. The molecule has 23 heteroatoms. The number of pyridine rings is 2. The van der Waals surface area contributed by atoms with E-state index in [1.54, 1.807) is 44.2 Å². The molecule has 0 bridgehead atoms. The van der Waals surface area contributed by atoms with Crippen LogP contribution in [0.4, 0.5) is 4.39 Å². The van der Waals surface area contributed by atoms with E-state index >= 15 is 4.39 Å². The summed E-state index contributed by atoms with van der Waals surface area (Å²) >= 11 is 0. The fourth-order valence-corrected chi connectivity index (χ4v) is 11.8. The average molecular weight is 1210 g/mol. The zero-order valence-electron chi connectivity index (χ0n) is 49.7. The van der Waals surface area contributed by atoms with E-state index in [-0.39, 0.29) is 202 Å². The van der Waals surface area contributed by atoms with E-state index in [9.17, 15) is 57.8 Å². The van der Waals surface area contributed by atoms with Crippen LogP contribution in [0.5, 0.6) is 0 Å². The number of rotatable bonds is 35. The number of cyclic esters (lactones) is 1. The number of nitrogens with one attached hydrogen (secondary N) is 3. The van der Waals surface area contributed by atoms with Crippen molar-refractivity contribution in [3.05, 3.63) is 97.6 Å². The van der Waals surface area contributed by atoms with E-state index in [4.69, 9.17) is 23.9 Å². The molecule has 1 fully saturated rings. The lowest BCUT2D eigenvalue weighted by Crippen LogP contribution is -2.44. The zero-order chi connectivity index (χ0) is 62.4. The van der Waals surface area contributed by atoms with E-state index in [1.807, 2.05) is 13.0 Å². The number of carbonyl (C=O) groups is 10. The van der Waals surface area contributed by atoms with Crippen LogP contribution < -0.4 is 21.5 Å². The number of fused-ring (bicyclic) bond motifs is 5. The van der Waals surface area contributed by atoms with Gasteiger partial charge in [0, 0.05) is 98.7 Å². The van der Waals surface area contributed by atoms with E-state index in [0.717, 1.165) is 17.5 Å². The number of hydrogen-bond donors (Lipinski definition) is 4. The molecule has 5 amide bonds. The molecule has 87 heavy (non-hydrogen) atoms. The molecule has 4 atom stereocenters. The topological polar surface area (TPSA) is 302 Å². The minimum Gasteiger partial charge on any atom is -0.458 e. The fraction of sp³-hybridized carbons (Fsp3) is 0.531. The smallest absolute Gasteiger partial charge is 0.343 e. The number of likely N-dealkylation sites (tertiary alicyclic amines) is 1. The van der Waals surface area contributed by atoms with Crippen molar-refractivity contribution in [2.75, 3.05) is 59.3 Å². The third-order valence-electron chi connectivity index (χ3n) is 16.7. The van der Waals surface area contributed by atoms with Gasteiger partial charge < -0.3 is 44.6 Å². The van der Waals surface area contributed by atoms with E-state index in [1.165, 1.54) is 15.5 Å². The normalized spacial score (nSPS) is 17.8. The zero-order valence-corrected chi connectivity index (χ0v) is 49.7. The van der Waals surface area contributed by atoms with Crippen LogP contribution in [0, 0.1) is 24.6 Å². The van der Waals surface area contributed by atoms with Gasteiger partial charge in [0.25, 0.3) is 5.56 Å². The summed E-state index contributed by atoms with van der Waals surface area (Å²) in [7, 11) is 0. The predicted molar refractivity (Wildman–Crippen MR) is 312 cm³/mol. The molecule has 1 aliphatic carbocycles. The molecule has 0 spiro atoms. The highest BCUT2D eigenvalue weighted by atomic mass is 19.1. The number of imide groups is 1. The summed E-state index contributed by atoms with van der Waals surface area (Å²) in [5.74, 6) is -5.40. The minimum absolute atomic E-state index is 0.0418. The first-order chi connectivity index (χ1) is 41.8. The SMILES string of the molecule is CCCC1CC(=O)N(CCC(=O)CCOCCOCCOCCC(=O)CCC(=O)NCC(=O)C[C@@H](Cc2ccccc2)C(=O)NCC(=O)CCCC(=O)NC2CCc3c(C)c(F)cc4nc5c(c2c34)Cn2c-5cc3c(c2=O)COC(=O)[C@]3(O)CC)C1=O. The number of aromatic nitrogens is 2. The van der Waals surface area contributed by atoms with Crippen LogP contribution in [0.3, 0.4) is 0 Å². The van der Waals surface area contributed by atoms with Crippen molar-refractivity contribution in [2.24, 2.45) is 11.8 Å². The highest BCUT2D eigenvalue weighted by molar-refractivity contribution is 6.04. The maximum absolute atomic E-state index is 15.4. The summed E-state index contributed by atoms with van der Waals surface area (Å²) in [6, 6.07) is 11.4. The van der Waals surface area contributed by atoms with Gasteiger partial charge in [-0.2, -0.15) is 0 Å². The number of hydrogen-bond acceptors (Lipinski definition) is 17. The lowest BCUT2D eigenvalue weighted by Gasteiger charge is -2.31. The van der Waals surface area contributed by atoms with Crippen molar-refractivity contribution in [3.63, 3.8) is 0 Å². The number of esters is 1. The van der Waals surface area contributed by atoms with Crippen molar-refractivity contribution in [3.8, 4) is 11.4 Å². The van der Waals surface area contributed by atoms with Gasteiger partial charge in [-0.15, -0.1) is 0 Å². The Morgan fingerprint density at radius 2 is 1.48 bits per heavy atom. The number of ether oxygens (including phenoxy) is 4. The molecule has 2 unspecified atom stereocenters. The molecule has 4 aromatic rings. The number of ketones is 4. The Morgan fingerprint density at radius 1 is 0.793 bits per heavy atom. The average Bonchev–Trinajstić information content (AvgIpc) is 1.66. The molecular formula is C64H77FN6O16. The molecular weight excluding hydrogens is 1130 g/mol. The first-order valence-electron chi connectivity index (χ1n) is 30.1. The molecule has 4 aliphatic rings. The summed E-state index contributed by atoms with van der Waals surface area (Å²) in [6.45, 7) is 5.66. The number of Topliss-reactive ketones (excluding diaryl/α,β-unsaturated/α-hetero) is 4. The molecule has 5 heterocycles. The van der Waals surface area contributed by atoms with Crippen LogP contribution in [0.1, 0.15) is 149 Å². The highest BCUT2D eigenvalue weighted by Gasteiger charge is 2.46. The minimum atomic E-state index is -2.05. The van der Waals surface area contributed by atoms with Crippen LogP contribution in [0.25, 0.3) is 22.3 Å². The first-order valence-corrected chi connectivity index (χ1v) is 30.1. The highest BCUT2D eigenvalue weighted by Crippen LogP contribution is 2.46. The monoisotopic (exact) mass is 1200 g/mol. The third-order valence-corrected chi connectivity index (χ3v) is 16.7. The summed E-state index contributed by atoms with van der Waals surface area (Å²) in [5.41, 5.74) is 2.16. The Labute approximate surface area is 503 Å². The number of aliphatic hydroxyl groups is 1. The van der Waals surface area contributed by atoms with Gasteiger partial charge in [-0.05, 0) is 73.8 Å². The standard InChI is InChI=1S/C64H77FN6O16/c1-4-10-40-31-56(78)70(61(40)80)22-19-43(73)21-24-85-26-28-86-27-25-84-23-20-42(72)15-18-54(76)66-35-45(75)30-41(29-39-11-7-6-8-12-39)60(79)67-34-44(74)13-9-14-55(77)68-51-17-16-46-38(3)50(65)33-52-57(46)58(51)47-36-71-53(59(47)69-52)32-49-48(62(71)81)37-87-63(82)64(49,83)5-2/h6-8,11-12,32-33,40-41,51,83H,4-5,9-10,13-31,34-37H2,1-3H3,(H,66,76)(H,67,79)(H,68,77)/t40?,41-,51?,64+/m1/s1. The van der Waals surface area contributed by atoms with Crippen molar-refractivity contribution in [1.29, 1.82) is 0 Å². The Morgan fingerprint density at radius 3 is 2.18 bits per heavy atom. The molecule has 3 aliphatic heterocycles. The molecule has 2 aromatic carbocycles. The van der Waals surface area contributed by atoms with Crippen molar-refractivity contribution < 1.29 is 76.4 Å². The summed E-state index contributed by atoms with van der Waals surface area (Å²) in [5, 5.41) is 20.4. The summed E-state index contributed by atoms with van der Waals surface area (Å²) in [6.07, 6.45) is 2.56. The molecule has 1 saturated heterocycles. The molecule has 0 radical (unpaired) electrons. The first kappa shape index (κ1) is 65.2. The Kier molecular flexibility index (Phi) is 22.7. The molecule has 4 N–H and O–H groups in total. The molecule has 22 nitrogen and oxygen atoms in total. The van der Waals surface area contributed by atoms with Gasteiger partial charge in [0.2, 0.25) is 29.5 Å². The molecule has 0 saturated carbocycles. The van der Waals surface area contributed by atoms with Gasteiger partial charge in [-0.1, -0.05) is 50.6 Å². The number of carbonyl (C=O) groups excluding carboxylic acids is 10. The summed E-state index contributed by atoms with van der Waals surface area (Å²) < 4.78 is 38.5. The van der Waals surface area contributed by atoms with Crippen molar-refractivity contribution >= 4 is 69.5 Å². The van der Waals surface area contributed by atoms with E-state index in [2.05, 4.69) is 16.0 Å². The van der Waals surface area contributed by atoms with Gasteiger partial charge in [0.05, 0.1) is 87.8 Å². The lowest BCUT2D eigenvalue weighted by molar-refractivity contribution is -0.172. The molecule has 466 valence electrons. The quantitative estimate of drug-likeness (QED) is 0.0242. The van der Waals surface area contributed by atoms with Crippen molar-refractivity contribution in [2.45, 2.75) is 148 Å². The molecule has 8 rings (SSSR count). The number of amides is 5. The number of aryl methyl sites for hydroxylation is 1. The maximum atomic E-state index is 15.4. The van der Waals surface area contributed by atoms with Crippen LogP contribution in [-0.2, 0) is 98.5 Å². The van der Waals surface area contributed by atoms with Gasteiger partial charge >= 0.3 is 5.97 Å². The molecule has 2 aromatic heterocycles. The Balaban J connectivity index is 0.720. The van der Waals surface area contributed by atoms with E-state index in [0.29, 0.717) is 58.2 Å². The lowest BCUT2D eigenvalue weighted by atomic mass is 9.81. The van der Waals surface area contributed by atoms with Crippen LogP contribution in [0.2, 0.25) is 0 Å². The largest absolute Gasteiger partial charge is 0.458 e. The van der Waals surface area contributed by atoms with Gasteiger partial charge in [-0.25, -0.2) is 14.2 Å². The summed E-state index contributed by atoms with van der Waals surface area (Å²) in [4.78, 5) is 148. The number of nitrogens with zero attached hydrogens (tertiary/aromatic N) is 3. The van der Waals surface area contributed by atoms with Crippen LogP contribution in [-0.4, -0.2) is 137 Å². The number of benzene rings is 2. The third kappa shape index (κ3) is 16.1. The Bertz CT molecular complexity index is 3370. The van der Waals surface area contributed by atoms with Gasteiger partial charge in [0.15, 0.2) is 17.2 Å². The second kappa shape index (κ2) is 30.3. The van der Waals surface area contributed by atoms with Crippen molar-refractivity contribution in [1.82, 2.24) is 30.4 Å². The van der Waals surface area contributed by atoms with Gasteiger partial charge in [-0.3, -0.25) is 52.8 Å². The van der Waals surface area contributed by atoms with Crippen LogP contribution >= 0.6 is 0 Å². The second-order valence-corrected chi connectivity index (χ2v) is 22.7.